The van der Waals surface area contributed by atoms with Crippen LogP contribution in [0.4, 0.5) is 0 Å². The first-order valence-electron chi connectivity index (χ1n) is 6.58. The van der Waals surface area contributed by atoms with Gasteiger partial charge in [-0.15, -0.1) is 0 Å². The van der Waals surface area contributed by atoms with Crippen molar-refractivity contribution in [1.29, 1.82) is 0 Å². The Labute approximate surface area is 142 Å². The van der Waals surface area contributed by atoms with E-state index in [4.69, 9.17) is 19.5 Å². The van der Waals surface area contributed by atoms with Crippen molar-refractivity contribution in [3.63, 3.8) is 0 Å². The van der Waals surface area contributed by atoms with E-state index in [-0.39, 0.29) is 0 Å². The van der Waals surface area contributed by atoms with Crippen LogP contribution >= 0.6 is 0 Å². The molecule has 0 bridgehead atoms. The molecule has 0 aliphatic rings. The average molecular weight is 336 g/mol. The van der Waals surface area contributed by atoms with Crippen molar-refractivity contribution in [2.75, 3.05) is 6.61 Å². The summed E-state index contributed by atoms with van der Waals surface area (Å²) in [5.74, 6) is -3.50. The summed E-state index contributed by atoms with van der Waals surface area (Å²) >= 11 is 1.18. The Morgan fingerprint density at radius 2 is 1.76 bits per heavy atom. The van der Waals surface area contributed by atoms with Gasteiger partial charge in [0.15, 0.2) is 5.25 Å². The first-order chi connectivity index (χ1) is 9.56. The smallest absolute Gasteiger partial charge is 0.325 e. The molecule has 0 spiro atoms. The van der Waals surface area contributed by atoms with Crippen LogP contribution in [0.1, 0.15) is 39.5 Å². The SMILES string of the molecule is CCCCO[CH]([Na])CC.O=C(O)CC(C(=O)O)S(=O)(=O)O. The van der Waals surface area contributed by atoms with Gasteiger partial charge in [0.25, 0.3) is 10.1 Å². The molecule has 0 aliphatic carbocycles. The molecule has 0 aromatic carbocycles. The maximum atomic E-state index is 10.2. The third-order valence-electron chi connectivity index (χ3n) is 2.47. The summed E-state index contributed by atoms with van der Waals surface area (Å²) in [5, 5.41) is 13.9. The summed E-state index contributed by atoms with van der Waals surface area (Å²) < 4.78 is 34.8. The normalized spacial score (nSPS) is 13.8. The van der Waals surface area contributed by atoms with Crippen molar-refractivity contribution in [2.24, 2.45) is 0 Å². The van der Waals surface area contributed by atoms with Gasteiger partial charge in [0, 0.05) is 0 Å². The molecule has 0 amide bonds. The molecule has 0 aromatic rings. The van der Waals surface area contributed by atoms with E-state index in [0.717, 1.165) is 6.61 Å². The zero-order valence-electron chi connectivity index (χ0n) is 12.5. The second-order valence-corrected chi connectivity index (χ2v) is 7.27. The molecular weight excluding hydrogens is 315 g/mol. The Morgan fingerprint density at radius 3 is 2.00 bits per heavy atom. The molecule has 0 rings (SSSR count). The Bertz CT molecular complexity index is 408. The van der Waals surface area contributed by atoms with Gasteiger partial charge in [-0.3, -0.25) is 14.1 Å². The van der Waals surface area contributed by atoms with E-state index < -0.39 is 33.7 Å². The van der Waals surface area contributed by atoms with Crippen molar-refractivity contribution in [2.45, 2.75) is 48.1 Å². The van der Waals surface area contributed by atoms with Crippen molar-refractivity contribution in [1.82, 2.24) is 0 Å². The predicted molar refractivity (Wildman–Crippen MR) is 75.9 cm³/mol. The molecule has 0 saturated carbocycles. The van der Waals surface area contributed by atoms with E-state index in [1.54, 1.807) is 0 Å². The molecule has 21 heavy (non-hydrogen) atoms. The zero-order chi connectivity index (χ0) is 17.1. The van der Waals surface area contributed by atoms with Gasteiger partial charge in [-0.05, 0) is 0 Å². The van der Waals surface area contributed by atoms with Gasteiger partial charge in [-0.25, -0.2) is 0 Å². The largest absolute Gasteiger partial charge is 0.481 e. The molecule has 0 aliphatic heterocycles. The number of rotatable bonds is 9. The van der Waals surface area contributed by atoms with Crippen molar-refractivity contribution in [3.8, 4) is 0 Å². The van der Waals surface area contributed by atoms with Crippen LogP contribution in [0.25, 0.3) is 0 Å². The van der Waals surface area contributed by atoms with Crippen LogP contribution in [0, 0.1) is 0 Å². The van der Waals surface area contributed by atoms with Crippen LogP contribution in [0.15, 0.2) is 0 Å². The summed E-state index contributed by atoms with van der Waals surface area (Å²) in [6.07, 6.45) is 2.50. The van der Waals surface area contributed by atoms with Crippen LogP contribution in [0.5, 0.6) is 0 Å². The molecule has 8 nitrogen and oxygen atoms in total. The fraction of sp³-hybridized carbons (Fsp3) is 0.818. The minimum absolute atomic E-state index is 0.594. The summed E-state index contributed by atoms with van der Waals surface area (Å²) in [4.78, 5) is 20.0. The maximum absolute atomic E-state index is 10.2. The van der Waals surface area contributed by atoms with Gasteiger partial charge >= 0.3 is 87.7 Å². The number of carbonyl (C=O) groups is 2. The van der Waals surface area contributed by atoms with E-state index in [2.05, 4.69) is 13.8 Å². The first-order valence-corrected chi connectivity index (χ1v) is 9.24. The van der Waals surface area contributed by atoms with Gasteiger partial charge in [-0.2, -0.15) is 8.42 Å². The molecule has 0 fully saturated rings. The second-order valence-electron chi connectivity index (χ2n) is 4.38. The van der Waals surface area contributed by atoms with Gasteiger partial charge in [-0.1, -0.05) is 0 Å². The molecule has 3 N–H and O–H groups in total. The van der Waals surface area contributed by atoms with Crippen molar-refractivity contribution < 1.29 is 37.5 Å². The van der Waals surface area contributed by atoms with Gasteiger partial charge in [0.1, 0.15) is 0 Å². The van der Waals surface area contributed by atoms with E-state index in [1.165, 1.54) is 47.2 Å². The Hall–Kier alpha value is -0.190. The molecule has 2 atom stereocenters. The number of aliphatic carboxylic acids is 2. The molecule has 2 unspecified atom stereocenters. The first kappa shape index (κ1) is 23.1. The third-order valence-corrected chi connectivity index (χ3v) is 4.71. The zero-order valence-corrected chi connectivity index (χ0v) is 15.3. The summed E-state index contributed by atoms with van der Waals surface area (Å²) in [7, 11) is -4.84. The Kier molecular flexibility index (Phi) is 13.6. The number of carboxylic acids is 2. The van der Waals surface area contributed by atoms with Crippen LogP contribution in [-0.2, 0) is 24.4 Å². The monoisotopic (exact) mass is 336 g/mol. The van der Waals surface area contributed by atoms with Gasteiger partial charge < -0.3 is 10.2 Å². The minimum atomic E-state index is -4.84. The number of ether oxygens (including phenoxy) is 1. The molecule has 0 radical (unpaired) electrons. The summed E-state index contributed by atoms with van der Waals surface area (Å²) in [6, 6.07) is 0. The van der Waals surface area contributed by atoms with Crippen LogP contribution in [0.2, 0.25) is 0 Å². The van der Waals surface area contributed by atoms with Gasteiger partial charge in [0.2, 0.25) is 0 Å². The Balaban J connectivity index is 0. The van der Waals surface area contributed by atoms with E-state index >= 15 is 0 Å². The third kappa shape index (κ3) is 14.5. The van der Waals surface area contributed by atoms with Crippen LogP contribution < -0.4 is 0 Å². The standard InChI is InChI=1S/C7H15O.C4H6O7S.Na/c1-3-5-7-8-6-4-2;5-3(6)1-2(4(7)8)12(9,10)11;/h6H,3-5,7H2,1-2H3;2H,1H2,(H,5,6)(H,7,8)(H,9,10,11);. The minimum Gasteiger partial charge on any atom is -0.481 e. The summed E-state index contributed by atoms with van der Waals surface area (Å²) in [6.45, 7) is 5.35. The topological polar surface area (TPSA) is 138 Å². The molecule has 10 heteroatoms. The maximum Gasteiger partial charge on any atom is 0.325 e. The molecule has 0 heterocycles. The van der Waals surface area contributed by atoms with E-state index in [1.807, 2.05) is 0 Å². The van der Waals surface area contributed by atoms with E-state index in [9.17, 15) is 18.0 Å². The number of hydrogen-bond donors (Lipinski definition) is 3. The molecule has 120 valence electrons. The Morgan fingerprint density at radius 1 is 1.24 bits per heavy atom. The van der Waals surface area contributed by atoms with Crippen LogP contribution in [0.3, 0.4) is 0 Å². The fourth-order valence-electron chi connectivity index (χ4n) is 1.03. The molecule has 0 saturated heterocycles. The molecular formula is C11H21NaO8S. The number of carboxylic acid groups (broad SMARTS) is 2. The molecule has 0 aromatic heterocycles. The van der Waals surface area contributed by atoms with E-state index in [0.29, 0.717) is 3.35 Å². The summed E-state index contributed by atoms with van der Waals surface area (Å²) in [5.41, 5.74) is 0. The van der Waals surface area contributed by atoms with Crippen LogP contribution in [-0.4, -0.2) is 78.3 Å². The van der Waals surface area contributed by atoms with Crippen molar-refractivity contribution in [3.05, 3.63) is 0 Å². The second kappa shape index (κ2) is 12.4. The number of unbranched alkanes of at least 4 members (excludes halogenated alkanes) is 1. The van der Waals surface area contributed by atoms with Gasteiger partial charge in [0.05, 0.1) is 6.42 Å². The van der Waals surface area contributed by atoms with Crippen molar-refractivity contribution >= 4 is 50.0 Å². The predicted octanol–water partition coefficient (Wildman–Crippen LogP) is 0.510. The average Bonchev–Trinajstić information content (AvgIpc) is 2.35. The number of hydrogen-bond acceptors (Lipinski definition) is 5. The quantitative estimate of drug-likeness (QED) is 0.314. The fourth-order valence-corrected chi connectivity index (χ4v) is 1.87.